The number of carbonyl (C=O) groups excluding carboxylic acids is 1. The van der Waals surface area contributed by atoms with Gasteiger partial charge in [0.2, 0.25) is 5.91 Å². The van der Waals surface area contributed by atoms with Crippen LogP contribution in [0, 0.1) is 13.8 Å². The van der Waals surface area contributed by atoms with Crippen LogP contribution >= 0.6 is 0 Å². The van der Waals surface area contributed by atoms with Crippen LogP contribution < -0.4 is 5.32 Å². The fourth-order valence-electron chi connectivity index (χ4n) is 4.29. The Morgan fingerprint density at radius 1 is 1.17 bits per heavy atom. The van der Waals surface area contributed by atoms with E-state index in [2.05, 4.69) is 42.0 Å². The van der Waals surface area contributed by atoms with E-state index in [0.29, 0.717) is 6.42 Å². The molecule has 1 saturated heterocycles. The molecular weight excluding hydrogens is 298 g/mol. The molecule has 4 rings (SSSR count). The number of carbonyl (C=O) groups is 1. The SMILES string of the molecule is Cc1nn(Cc2ccc3c(c2)CCC3)c(C)c1C1CCCC(=O)N1. The van der Waals surface area contributed by atoms with Gasteiger partial charge in [-0.05, 0) is 62.6 Å². The van der Waals surface area contributed by atoms with Gasteiger partial charge in [-0.3, -0.25) is 9.48 Å². The first-order chi connectivity index (χ1) is 11.6. The number of hydrogen-bond acceptors (Lipinski definition) is 2. The molecule has 1 aromatic carbocycles. The molecule has 2 heterocycles. The van der Waals surface area contributed by atoms with Gasteiger partial charge in [-0.15, -0.1) is 0 Å². The van der Waals surface area contributed by atoms with Crippen LogP contribution in [0.2, 0.25) is 0 Å². The van der Waals surface area contributed by atoms with Gasteiger partial charge < -0.3 is 5.32 Å². The number of aromatic nitrogens is 2. The average molecular weight is 323 g/mol. The molecule has 0 radical (unpaired) electrons. The third-order valence-electron chi connectivity index (χ3n) is 5.51. The van der Waals surface area contributed by atoms with Crippen LogP contribution in [0.5, 0.6) is 0 Å². The summed E-state index contributed by atoms with van der Waals surface area (Å²) in [5.74, 6) is 0.163. The molecule has 0 saturated carbocycles. The van der Waals surface area contributed by atoms with Crippen molar-refractivity contribution in [2.75, 3.05) is 0 Å². The lowest BCUT2D eigenvalue weighted by atomic mass is 9.96. The monoisotopic (exact) mass is 323 g/mol. The summed E-state index contributed by atoms with van der Waals surface area (Å²) >= 11 is 0. The molecular formula is C20H25N3O. The number of benzene rings is 1. The van der Waals surface area contributed by atoms with Crippen LogP contribution in [-0.2, 0) is 24.2 Å². The summed E-state index contributed by atoms with van der Waals surface area (Å²) in [5, 5.41) is 7.90. The van der Waals surface area contributed by atoms with E-state index < -0.39 is 0 Å². The van der Waals surface area contributed by atoms with E-state index in [-0.39, 0.29) is 11.9 Å². The Balaban J connectivity index is 1.60. The van der Waals surface area contributed by atoms with Gasteiger partial charge in [0.1, 0.15) is 0 Å². The molecule has 1 unspecified atom stereocenters. The van der Waals surface area contributed by atoms with Crippen LogP contribution in [0.15, 0.2) is 18.2 Å². The molecule has 2 aliphatic rings. The van der Waals surface area contributed by atoms with Crippen molar-refractivity contribution in [3.63, 3.8) is 0 Å². The van der Waals surface area contributed by atoms with Crippen molar-refractivity contribution >= 4 is 5.91 Å². The minimum absolute atomic E-state index is 0.125. The quantitative estimate of drug-likeness (QED) is 0.941. The number of nitrogens with zero attached hydrogens (tertiary/aromatic N) is 2. The van der Waals surface area contributed by atoms with E-state index in [1.165, 1.54) is 47.2 Å². The highest BCUT2D eigenvalue weighted by atomic mass is 16.1. The largest absolute Gasteiger partial charge is 0.349 e. The first-order valence-electron chi connectivity index (χ1n) is 9.06. The highest BCUT2D eigenvalue weighted by Gasteiger charge is 2.25. The second-order valence-electron chi connectivity index (χ2n) is 7.21. The first-order valence-corrected chi connectivity index (χ1v) is 9.06. The zero-order chi connectivity index (χ0) is 16.7. The molecule has 1 N–H and O–H groups in total. The van der Waals surface area contributed by atoms with Crippen molar-refractivity contribution in [1.29, 1.82) is 0 Å². The predicted molar refractivity (Wildman–Crippen MR) is 94.0 cm³/mol. The molecule has 0 spiro atoms. The van der Waals surface area contributed by atoms with Crippen LogP contribution in [0.25, 0.3) is 0 Å². The molecule has 4 heteroatoms. The third-order valence-corrected chi connectivity index (χ3v) is 5.51. The number of hydrogen-bond donors (Lipinski definition) is 1. The Morgan fingerprint density at radius 3 is 2.83 bits per heavy atom. The smallest absolute Gasteiger partial charge is 0.220 e. The molecule has 1 aliphatic carbocycles. The fraction of sp³-hybridized carbons (Fsp3) is 0.500. The fourth-order valence-corrected chi connectivity index (χ4v) is 4.29. The number of fused-ring (bicyclic) bond motifs is 1. The van der Waals surface area contributed by atoms with Gasteiger partial charge in [0.25, 0.3) is 0 Å². The predicted octanol–water partition coefficient (Wildman–Crippen LogP) is 3.38. The molecule has 4 nitrogen and oxygen atoms in total. The second kappa shape index (κ2) is 6.08. The standard InChI is InChI=1S/C20H25N3O/c1-13-20(18-7-4-8-19(24)21-18)14(2)23(22-13)12-15-9-10-16-5-3-6-17(16)11-15/h9-11,18H,3-8,12H2,1-2H3,(H,21,24). The van der Waals surface area contributed by atoms with Gasteiger partial charge in [-0.25, -0.2) is 0 Å². The summed E-state index contributed by atoms with van der Waals surface area (Å²) in [6, 6.07) is 7.00. The molecule has 1 aromatic heterocycles. The maximum Gasteiger partial charge on any atom is 0.220 e. The number of amides is 1. The summed E-state index contributed by atoms with van der Waals surface area (Å²) in [6.45, 7) is 4.99. The Hall–Kier alpha value is -2.10. The zero-order valence-corrected chi connectivity index (χ0v) is 14.6. The summed E-state index contributed by atoms with van der Waals surface area (Å²) in [7, 11) is 0. The average Bonchev–Trinajstić information content (AvgIpc) is 3.12. The van der Waals surface area contributed by atoms with Gasteiger partial charge in [-0.1, -0.05) is 18.2 Å². The van der Waals surface area contributed by atoms with E-state index in [1.807, 2.05) is 0 Å². The zero-order valence-electron chi connectivity index (χ0n) is 14.6. The van der Waals surface area contributed by atoms with Crippen molar-refractivity contribution in [3.8, 4) is 0 Å². The number of rotatable bonds is 3. The molecule has 1 aliphatic heterocycles. The van der Waals surface area contributed by atoms with E-state index in [4.69, 9.17) is 5.10 Å². The van der Waals surface area contributed by atoms with E-state index in [9.17, 15) is 4.79 Å². The lowest BCUT2D eigenvalue weighted by molar-refractivity contribution is -0.123. The Morgan fingerprint density at radius 2 is 2.00 bits per heavy atom. The molecule has 126 valence electrons. The van der Waals surface area contributed by atoms with Crippen LogP contribution in [0.1, 0.15) is 65.4 Å². The highest BCUT2D eigenvalue weighted by Crippen LogP contribution is 2.29. The lowest BCUT2D eigenvalue weighted by Gasteiger charge is -2.23. The van der Waals surface area contributed by atoms with Gasteiger partial charge in [0.15, 0.2) is 0 Å². The van der Waals surface area contributed by atoms with Crippen molar-refractivity contribution in [2.24, 2.45) is 0 Å². The molecule has 1 fully saturated rings. The van der Waals surface area contributed by atoms with Crippen molar-refractivity contribution < 1.29 is 4.79 Å². The maximum absolute atomic E-state index is 11.7. The minimum atomic E-state index is 0.125. The van der Waals surface area contributed by atoms with Crippen molar-refractivity contribution in [1.82, 2.24) is 15.1 Å². The van der Waals surface area contributed by atoms with Crippen LogP contribution in [0.4, 0.5) is 0 Å². The number of nitrogens with one attached hydrogen (secondary N) is 1. The van der Waals surface area contributed by atoms with Crippen LogP contribution in [0.3, 0.4) is 0 Å². The molecule has 1 atom stereocenters. The van der Waals surface area contributed by atoms with Gasteiger partial charge >= 0.3 is 0 Å². The number of piperidine rings is 1. The molecule has 0 bridgehead atoms. The Kier molecular flexibility index (Phi) is 3.91. The van der Waals surface area contributed by atoms with E-state index in [0.717, 1.165) is 25.1 Å². The van der Waals surface area contributed by atoms with Gasteiger partial charge in [-0.2, -0.15) is 5.10 Å². The topological polar surface area (TPSA) is 46.9 Å². The van der Waals surface area contributed by atoms with E-state index in [1.54, 1.807) is 0 Å². The van der Waals surface area contributed by atoms with E-state index >= 15 is 0 Å². The Labute approximate surface area is 143 Å². The molecule has 1 amide bonds. The van der Waals surface area contributed by atoms with Crippen LogP contribution in [-0.4, -0.2) is 15.7 Å². The minimum Gasteiger partial charge on any atom is -0.349 e. The number of aryl methyl sites for hydroxylation is 3. The lowest BCUT2D eigenvalue weighted by Crippen LogP contribution is -2.33. The van der Waals surface area contributed by atoms with Gasteiger partial charge in [0, 0.05) is 17.7 Å². The summed E-state index contributed by atoms with van der Waals surface area (Å²) < 4.78 is 2.10. The Bertz CT molecular complexity index is 790. The van der Waals surface area contributed by atoms with Gasteiger partial charge in [0.05, 0.1) is 18.3 Å². The molecule has 2 aromatic rings. The first kappa shape index (κ1) is 15.4. The summed E-state index contributed by atoms with van der Waals surface area (Å²) in [4.78, 5) is 11.7. The maximum atomic E-state index is 11.7. The van der Waals surface area contributed by atoms with Crippen molar-refractivity contribution in [3.05, 3.63) is 51.8 Å². The third kappa shape index (κ3) is 2.74. The normalized spacial score (nSPS) is 20.1. The van der Waals surface area contributed by atoms with Crippen molar-refractivity contribution in [2.45, 2.75) is 65.0 Å². The molecule has 24 heavy (non-hydrogen) atoms. The second-order valence-corrected chi connectivity index (χ2v) is 7.21. The summed E-state index contributed by atoms with van der Waals surface area (Å²) in [6.07, 6.45) is 6.34. The summed E-state index contributed by atoms with van der Waals surface area (Å²) in [5.41, 5.74) is 7.78. The highest BCUT2D eigenvalue weighted by molar-refractivity contribution is 5.77.